The number of aryl methyl sites for hydroxylation is 1. The molecule has 1 aromatic carbocycles. The summed E-state index contributed by atoms with van der Waals surface area (Å²) in [6.45, 7) is 20.8. The number of carbonyl (C=O) groups is 3. The van der Waals surface area contributed by atoms with Crippen molar-refractivity contribution in [2.75, 3.05) is 0 Å². The van der Waals surface area contributed by atoms with Crippen LogP contribution in [0.2, 0.25) is 0 Å². The minimum Gasteiger partial charge on any atom is -0.444 e. The maximum Gasteiger partial charge on any atom is 0.408 e. The van der Waals surface area contributed by atoms with E-state index in [-0.39, 0.29) is 23.8 Å². The van der Waals surface area contributed by atoms with E-state index in [0.717, 1.165) is 17.5 Å². The van der Waals surface area contributed by atoms with Crippen molar-refractivity contribution in [3.8, 4) is 0 Å². The average Bonchev–Trinajstić information content (AvgIpc) is 2.72. The van der Waals surface area contributed by atoms with Crippen LogP contribution in [0.4, 0.5) is 4.79 Å². The summed E-state index contributed by atoms with van der Waals surface area (Å²) in [5, 5.41) is 5.82. The summed E-state index contributed by atoms with van der Waals surface area (Å²) in [5.41, 5.74) is 0.713. The summed E-state index contributed by atoms with van der Waals surface area (Å²) in [7, 11) is 0. The number of hydrogen-bond donors (Lipinski definition) is 2. The number of hydrogen-bond acceptors (Lipinski definition) is 4. The van der Waals surface area contributed by atoms with E-state index in [4.69, 9.17) is 4.74 Å². The third-order valence-electron chi connectivity index (χ3n) is 5.65. The van der Waals surface area contributed by atoms with Crippen molar-refractivity contribution in [2.24, 2.45) is 5.92 Å². The van der Waals surface area contributed by atoms with Crippen LogP contribution in [0.5, 0.6) is 0 Å². The molecule has 0 saturated heterocycles. The zero-order valence-electron chi connectivity index (χ0n) is 23.6. The van der Waals surface area contributed by atoms with Gasteiger partial charge < -0.3 is 20.3 Å². The van der Waals surface area contributed by atoms with Crippen LogP contribution in [0.1, 0.15) is 99.8 Å². The molecule has 2 N–H and O–H groups in total. The van der Waals surface area contributed by atoms with Gasteiger partial charge in [-0.1, -0.05) is 52.0 Å². The number of ether oxygens (including phenoxy) is 1. The number of nitrogens with zero attached hydrogens (tertiary/aromatic N) is 1. The zero-order chi connectivity index (χ0) is 27.1. The van der Waals surface area contributed by atoms with Gasteiger partial charge in [0.2, 0.25) is 11.8 Å². The van der Waals surface area contributed by atoms with E-state index < -0.39 is 29.3 Å². The monoisotopic (exact) mass is 489 g/mol. The fourth-order valence-corrected chi connectivity index (χ4v) is 3.72. The van der Waals surface area contributed by atoms with E-state index in [1.54, 1.807) is 25.7 Å². The van der Waals surface area contributed by atoms with Gasteiger partial charge in [-0.2, -0.15) is 0 Å². The minimum atomic E-state index is -0.848. The molecule has 1 rings (SSSR count). The van der Waals surface area contributed by atoms with Gasteiger partial charge in [-0.25, -0.2) is 4.79 Å². The van der Waals surface area contributed by atoms with Gasteiger partial charge in [-0.05, 0) is 78.4 Å². The van der Waals surface area contributed by atoms with Gasteiger partial charge >= 0.3 is 6.09 Å². The van der Waals surface area contributed by atoms with E-state index in [9.17, 15) is 14.4 Å². The number of alkyl carbamates (subject to hydrolysis) is 1. The third kappa shape index (κ3) is 9.54. The lowest BCUT2D eigenvalue weighted by Crippen LogP contribution is -2.58. The highest BCUT2D eigenvalue weighted by Crippen LogP contribution is 2.28. The summed E-state index contributed by atoms with van der Waals surface area (Å²) >= 11 is 0. The predicted molar refractivity (Wildman–Crippen MR) is 141 cm³/mol. The molecule has 0 spiro atoms. The Morgan fingerprint density at radius 2 is 1.49 bits per heavy atom. The van der Waals surface area contributed by atoms with Crippen molar-refractivity contribution in [3.05, 3.63) is 35.4 Å². The molecule has 198 valence electrons. The molecule has 0 bridgehead atoms. The van der Waals surface area contributed by atoms with Crippen LogP contribution < -0.4 is 10.6 Å². The summed E-state index contributed by atoms with van der Waals surface area (Å²) in [4.78, 5) is 42.0. The molecule has 3 unspecified atom stereocenters. The normalized spacial score (nSPS) is 14.6. The van der Waals surface area contributed by atoms with Gasteiger partial charge in [0.05, 0.1) is 0 Å². The number of rotatable bonds is 9. The maximum atomic E-state index is 14.1. The van der Waals surface area contributed by atoms with Crippen molar-refractivity contribution < 1.29 is 19.1 Å². The predicted octanol–water partition coefficient (Wildman–Crippen LogP) is 5.38. The van der Waals surface area contributed by atoms with E-state index in [1.807, 2.05) is 72.7 Å². The number of amides is 3. The minimum absolute atomic E-state index is 0.213. The molecular formula is C28H47N3O4. The topological polar surface area (TPSA) is 87.7 Å². The Morgan fingerprint density at radius 1 is 0.943 bits per heavy atom. The van der Waals surface area contributed by atoms with E-state index in [2.05, 4.69) is 17.6 Å². The van der Waals surface area contributed by atoms with Crippen LogP contribution in [-0.4, -0.2) is 46.0 Å². The van der Waals surface area contributed by atoms with Crippen LogP contribution in [0.3, 0.4) is 0 Å². The quantitative estimate of drug-likeness (QED) is 0.487. The van der Waals surface area contributed by atoms with Gasteiger partial charge in [0.15, 0.2) is 0 Å². The van der Waals surface area contributed by atoms with Gasteiger partial charge in [0.25, 0.3) is 0 Å². The lowest BCUT2D eigenvalue weighted by molar-refractivity contribution is -0.146. The number of carbonyl (C=O) groups excluding carboxylic acids is 3. The van der Waals surface area contributed by atoms with Gasteiger partial charge in [-0.15, -0.1) is 0 Å². The SMILES string of the molecule is CCc1ccc(C(C(=O)NC(C)(C)C)N(C(=O)C(NC(=O)OC(C)(C)C)C(C)C)C(C)CC)cc1. The first-order valence-electron chi connectivity index (χ1n) is 12.7. The first kappa shape index (κ1) is 30.5. The Kier molecular flexibility index (Phi) is 10.8. The molecular weight excluding hydrogens is 442 g/mol. The summed E-state index contributed by atoms with van der Waals surface area (Å²) in [6.07, 6.45) is 0.870. The Labute approximate surface area is 212 Å². The van der Waals surface area contributed by atoms with Crippen LogP contribution in [0.15, 0.2) is 24.3 Å². The van der Waals surface area contributed by atoms with Crippen molar-refractivity contribution in [3.63, 3.8) is 0 Å². The molecule has 35 heavy (non-hydrogen) atoms. The molecule has 3 amide bonds. The zero-order valence-corrected chi connectivity index (χ0v) is 23.6. The molecule has 7 heteroatoms. The van der Waals surface area contributed by atoms with E-state index in [1.165, 1.54) is 0 Å². The molecule has 0 fully saturated rings. The Morgan fingerprint density at radius 3 is 1.89 bits per heavy atom. The standard InChI is InChI=1S/C28H47N3O4/c1-12-19(5)31(25(33)22(18(3)4)29-26(34)35-28(9,10)11)23(24(32)30-27(6,7)8)21-16-14-20(13-2)15-17-21/h14-19,22-23H,12-13H2,1-11H3,(H,29,34)(H,30,32). The lowest BCUT2D eigenvalue weighted by atomic mass is 9.95. The van der Waals surface area contributed by atoms with Gasteiger partial charge in [0.1, 0.15) is 17.7 Å². The Hall–Kier alpha value is -2.57. The molecule has 0 aliphatic rings. The summed E-state index contributed by atoms with van der Waals surface area (Å²) < 4.78 is 5.42. The van der Waals surface area contributed by atoms with Crippen molar-refractivity contribution >= 4 is 17.9 Å². The van der Waals surface area contributed by atoms with E-state index in [0.29, 0.717) is 6.42 Å². The second kappa shape index (κ2) is 12.4. The highest BCUT2D eigenvalue weighted by Gasteiger charge is 2.40. The summed E-state index contributed by atoms with van der Waals surface area (Å²) in [6, 6.07) is 5.88. The fourth-order valence-electron chi connectivity index (χ4n) is 3.72. The van der Waals surface area contributed by atoms with Crippen LogP contribution in [-0.2, 0) is 20.7 Å². The van der Waals surface area contributed by atoms with E-state index >= 15 is 0 Å². The molecule has 0 aromatic heterocycles. The molecule has 0 saturated carbocycles. The van der Waals surface area contributed by atoms with Crippen molar-refractivity contribution in [1.29, 1.82) is 0 Å². The molecule has 0 aliphatic heterocycles. The first-order valence-corrected chi connectivity index (χ1v) is 12.7. The molecule has 7 nitrogen and oxygen atoms in total. The molecule has 0 radical (unpaired) electrons. The van der Waals surface area contributed by atoms with Crippen molar-refractivity contribution in [2.45, 2.75) is 118 Å². The highest BCUT2D eigenvalue weighted by atomic mass is 16.6. The average molecular weight is 490 g/mol. The van der Waals surface area contributed by atoms with Crippen molar-refractivity contribution in [1.82, 2.24) is 15.5 Å². The van der Waals surface area contributed by atoms with Crippen LogP contribution in [0.25, 0.3) is 0 Å². The second-order valence-electron chi connectivity index (χ2n) is 11.6. The van der Waals surface area contributed by atoms with Gasteiger partial charge in [0, 0.05) is 11.6 Å². The molecule has 3 atom stereocenters. The highest BCUT2D eigenvalue weighted by molar-refractivity contribution is 5.92. The Bertz CT molecular complexity index is 850. The number of nitrogens with one attached hydrogen (secondary N) is 2. The van der Waals surface area contributed by atoms with Gasteiger partial charge in [-0.3, -0.25) is 9.59 Å². The third-order valence-corrected chi connectivity index (χ3v) is 5.65. The largest absolute Gasteiger partial charge is 0.444 e. The molecule has 1 aromatic rings. The smallest absolute Gasteiger partial charge is 0.408 e. The maximum absolute atomic E-state index is 14.1. The summed E-state index contributed by atoms with van der Waals surface area (Å²) in [5.74, 6) is -0.778. The second-order valence-corrected chi connectivity index (χ2v) is 11.6. The number of benzene rings is 1. The first-order chi connectivity index (χ1) is 16.0. The lowest BCUT2D eigenvalue weighted by Gasteiger charge is -2.40. The fraction of sp³-hybridized carbons (Fsp3) is 0.679. The molecule has 0 aliphatic carbocycles. The molecule has 0 heterocycles. The Balaban J connectivity index is 3.55. The van der Waals surface area contributed by atoms with Crippen LogP contribution >= 0.6 is 0 Å². The van der Waals surface area contributed by atoms with Crippen LogP contribution in [0, 0.1) is 5.92 Å².